The fraction of sp³-hybridized carbons (Fsp3) is 0.956. The normalized spacial score (nSPS) is 22.2. The van der Waals surface area contributed by atoms with Gasteiger partial charge in [0.05, 0.1) is 6.61 Å². The Hall–Kier alpha value is -1.15. The first-order chi connectivity index (χ1) is 28.4. The number of ether oxygens (including phenoxy) is 2. The molecule has 0 aromatic heterocycles. The van der Waals surface area contributed by atoms with Gasteiger partial charge in [-0.15, -0.1) is 0 Å². The van der Waals surface area contributed by atoms with Gasteiger partial charge in [-0.05, 0) is 12.8 Å². The molecule has 1 aliphatic carbocycles. The molecule has 0 spiro atoms. The molecule has 0 heterocycles. The van der Waals surface area contributed by atoms with Crippen molar-refractivity contribution in [2.75, 3.05) is 13.2 Å². The van der Waals surface area contributed by atoms with Crippen molar-refractivity contribution >= 4 is 19.8 Å². The number of phosphoric ester groups is 1. The van der Waals surface area contributed by atoms with Gasteiger partial charge in [0.2, 0.25) is 0 Å². The number of rotatable bonds is 40. The fourth-order valence-corrected chi connectivity index (χ4v) is 8.56. The zero-order valence-electron chi connectivity index (χ0n) is 37.1. The van der Waals surface area contributed by atoms with Crippen LogP contribution < -0.4 is 0 Å². The van der Waals surface area contributed by atoms with Crippen LogP contribution in [-0.2, 0) is 32.7 Å². The van der Waals surface area contributed by atoms with Crippen molar-refractivity contribution in [1.29, 1.82) is 0 Å². The van der Waals surface area contributed by atoms with Gasteiger partial charge in [0.15, 0.2) is 6.10 Å². The fourth-order valence-electron chi connectivity index (χ4n) is 7.58. The Labute approximate surface area is 357 Å². The summed E-state index contributed by atoms with van der Waals surface area (Å²) in [5.41, 5.74) is 0. The summed E-state index contributed by atoms with van der Waals surface area (Å²) in [7, 11) is -5.10. The molecular formula is C45H87O13P. The van der Waals surface area contributed by atoms with Gasteiger partial charge in [-0.2, -0.15) is 0 Å². The lowest BCUT2D eigenvalue weighted by molar-refractivity contribution is -0.220. The van der Waals surface area contributed by atoms with E-state index in [9.17, 15) is 44.6 Å². The van der Waals surface area contributed by atoms with Crippen LogP contribution in [0.5, 0.6) is 0 Å². The standard InChI is InChI=1S/C45H87O13P/c1-3-5-7-9-11-12-13-14-15-16-17-18-19-20-21-22-23-24-25-26-28-30-32-34-39(47)57-37(35-55-38(46)33-31-29-27-10-8-6-4-2)36-56-59(53,54)58-45-43(51)41(49)40(48)42(50)44(45)52/h37,40-45,48-52H,3-36H2,1-2H3,(H,53,54)/t37-,40?,41-,42?,43?,44?,45?/m1/s1. The van der Waals surface area contributed by atoms with Crippen LogP contribution in [-0.4, -0.2) is 98.3 Å². The van der Waals surface area contributed by atoms with Gasteiger partial charge in [0, 0.05) is 12.8 Å². The monoisotopic (exact) mass is 867 g/mol. The molecule has 59 heavy (non-hydrogen) atoms. The quantitative estimate of drug-likeness (QED) is 0.0193. The molecule has 0 bridgehead atoms. The van der Waals surface area contributed by atoms with E-state index in [0.29, 0.717) is 12.8 Å². The summed E-state index contributed by atoms with van der Waals surface area (Å²) in [6.07, 6.45) is 23.5. The van der Waals surface area contributed by atoms with Gasteiger partial charge in [-0.1, -0.05) is 194 Å². The Morgan fingerprint density at radius 2 is 0.763 bits per heavy atom. The largest absolute Gasteiger partial charge is 0.472 e. The average Bonchev–Trinajstić information content (AvgIpc) is 3.21. The van der Waals surface area contributed by atoms with E-state index in [1.807, 2.05) is 0 Å². The number of hydrogen-bond donors (Lipinski definition) is 6. The Balaban J connectivity index is 2.30. The summed E-state index contributed by atoms with van der Waals surface area (Å²) >= 11 is 0. The van der Waals surface area contributed by atoms with Crippen LogP contribution in [0.15, 0.2) is 0 Å². The van der Waals surface area contributed by atoms with Gasteiger partial charge >= 0.3 is 19.8 Å². The van der Waals surface area contributed by atoms with E-state index in [2.05, 4.69) is 13.8 Å². The van der Waals surface area contributed by atoms with Crippen molar-refractivity contribution in [3.63, 3.8) is 0 Å². The highest BCUT2D eigenvalue weighted by Crippen LogP contribution is 2.47. The number of esters is 2. The van der Waals surface area contributed by atoms with Crippen LogP contribution in [0.3, 0.4) is 0 Å². The number of aliphatic hydroxyl groups is 5. The molecule has 6 unspecified atom stereocenters. The van der Waals surface area contributed by atoms with E-state index in [0.717, 1.165) is 51.4 Å². The van der Waals surface area contributed by atoms with Crippen LogP contribution in [0.4, 0.5) is 0 Å². The van der Waals surface area contributed by atoms with Gasteiger partial charge in [-0.25, -0.2) is 4.57 Å². The molecule has 0 aromatic rings. The lowest BCUT2D eigenvalue weighted by atomic mass is 9.85. The predicted molar refractivity (Wildman–Crippen MR) is 231 cm³/mol. The first kappa shape index (κ1) is 55.9. The van der Waals surface area contributed by atoms with Crippen molar-refractivity contribution in [1.82, 2.24) is 0 Å². The maximum Gasteiger partial charge on any atom is 0.472 e. The second kappa shape index (κ2) is 36.3. The Kier molecular flexibility index (Phi) is 34.4. The molecule has 6 N–H and O–H groups in total. The number of aliphatic hydroxyl groups excluding tert-OH is 5. The van der Waals surface area contributed by atoms with Crippen molar-refractivity contribution in [3.05, 3.63) is 0 Å². The lowest BCUT2D eigenvalue weighted by Gasteiger charge is -2.41. The summed E-state index contributed by atoms with van der Waals surface area (Å²) in [5.74, 6) is -1.09. The minimum Gasteiger partial charge on any atom is -0.462 e. The molecule has 1 saturated carbocycles. The van der Waals surface area contributed by atoms with Crippen molar-refractivity contribution in [2.45, 2.75) is 262 Å². The molecule has 1 rings (SSSR count). The van der Waals surface area contributed by atoms with E-state index in [1.165, 1.54) is 128 Å². The highest BCUT2D eigenvalue weighted by atomic mass is 31.2. The summed E-state index contributed by atoms with van der Waals surface area (Å²) in [4.78, 5) is 35.5. The smallest absolute Gasteiger partial charge is 0.462 e. The average molecular weight is 867 g/mol. The molecule has 14 heteroatoms. The Morgan fingerprint density at radius 1 is 0.458 bits per heavy atom. The van der Waals surface area contributed by atoms with Gasteiger partial charge < -0.3 is 39.9 Å². The van der Waals surface area contributed by atoms with Crippen molar-refractivity contribution < 1.29 is 63.1 Å². The lowest BCUT2D eigenvalue weighted by Crippen LogP contribution is -2.64. The molecule has 0 aromatic carbocycles. The van der Waals surface area contributed by atoms with E-state index >= 15 is 0 Å². The first-order valence-electron chi connectivity index (χ1n) is 23.8. The third-order valence-corrected chi connectivity index (χ3v) is 12.4. The highest BCUT2D eigenvalue weighted by Gasteiger charge is 2.51. The molecule has 0 radical (unpaired) electrons. The van der Waals surface area contributed by atoms with E-state index in [1.54, 1.807) is 0 Å². The molecule has 0 amide bonds. The van der Waals surface area contributed by atoms with Crippen molar-refractivity contribution in [3.8, 4) is 0 Å². The van der Waals surface area contributed by atoms with E-state index < -0.39 is 75.7 Å². The second-order valence-corrected chi connectivity index (χ2v) is 18.4. The first-order valence-corrected chi connectivity index (χ1v) is 25.3. The van der Waals surface area contributed by atoms with Gasteiger partial charge in [0.25, 0.3) is 0 Å². The summed E-state index contributed by atoms with van der Waals surface area (Å²) in [6.45, 7) is 3.26. The molecule has 8 atom stereocenters. The SMILES string of the molecule is CCCCCCCCCCCCCCCCCCCCCCCCCC(=O)O[C@H](COC(=O)CCCCCCCCC)COP(=O)(O)OC1C(O)C(O)C(O)[C@@H](O)C1O. The number of carbonyl (C=O) groups is 2. The summed E-state index contributed by atoms with van der Waals surface area (Å²) in [5, 5.41) is 50.0. The topological polar surface area (TPSA) is 210 Å². The molecular weight excluding hydrogens is 779 g/mol. The van der Waals surface area contributed by atoms with Gasteiger partial charge in [-0.3, -0.25) is 18.6 Å². The second-order valence-electron chi connectivity index (χ2n) is 17.0. The Bertz CT molecular complexity index is 1050. The third-order valence-electron chi connectivity index (χ3n) is 11.4. The molecule has 0 aliphatic heterocycles. The van der Waals surface area contributed by atoms with Gasteiger partial charge in [0.1, 0.15) is 43.2 Å². The molecule has 1 fully saturated rings. The van der Waals surface area contributed by atoms with E-state index in [4.69, 9.17) is 18.5 Å². The van der Waals surface area contributed by atoms with Crippen LogP contribution in [0.25, 0.3) is 0 Å². The highest BCUT2D eigenvalue weighted by molar-refractivity contribution is 7.47. The summed E-state index contributed by atoms with van der Waals surface area (Å²) in [6, 6.07) is 0. The predicted octanol–water partition coefficient (Wildman–Crippen LogP) is 9.28. The minimum atomic E-state index is -5.10. The van der Waals surface area contributed by atoms with E-state index in [-0.39, 0.29) is 12.8 Å². The number of carbonyl (C=O) groups excluding carboxylic acids is 2. The van der Waals surface area contributed by atoms with Crippen LogP contribution in [0.2, 0.25) is 0 Å². The summed E-state index contributed by atoms with van der Waals surface area (Å²) < 4.78 is 33.4. The molecule has 1 aliphatic rings. The molecule has 13 nitrogen and oxygen atoms in total. The minimum absolute atomic E-state index is 0.105. The third kappa shape index (κ3) is 29.0. The maximum absolute atomic E-state index is 12.8. The van der Waals surface area contributed by atoms with Crippen LogP contribution >= 0.6 is 7.82 Å². The molecule has 350 valence electrons. The van der Waals surface area contributed by atoms with Crippen molar-refractivity contribution in [2.24, 2.45) is 0 Å². The zero-order chi connectivity index (χ0) is 43.6. The van der Waals surface area contributed by atoms with Crippen LogP contribution in [0, 0.1) is 0 Å². The number of hydrogen-bond acceptors (Lipinski definition) is 12. The van der Waals surface area contributed by atoms with Crippen LogP contribution in [0.1, 0.15) is 219 Å². The zero-order valence-corrected chi connectivity index (χ0v) is 38.0. The maximum atomic E-state index is 12.8. The number of phosphoric acid groups is 1. The molecule has 0 saturated heterocycles. The number of unbranched alkanes of at least 4 members (excludes halogenated alkanes) is 28. The Morgan fingerprint density at radius 3 is 1.12 bits per heavy atom.